The summed E-state index contributed by atoms with van der Waals surface area (Å²) in [5.41, 5.74) is 5.61. The molecule has 0 amide bonds. The average Bonchev–Trinajstić information content (AvgIpc) is 2.33. The number of nitrogen functional groups attached to an aromatic ring is 1. The van der Waals surface area contributed by atoms with Gasteiger partial charge in [0.25, 0.3) is 5.69 Å². The van der Waals surface area contributed by atoms with Crippen LogP contribution in [0.2, 0.25) is 5.02 Å². The van der Waals surface area contributed by atoms with Gasteiger partial charge in [0, 0.05) is 4.47 Å². The first kappa shape index (κ1) is 14.5. The number of benzene rings is 1. The Balaban J connectivity index is 2.42. The molecule has 0 aliphatic carbocycles. The van der Waals surface area contributed by atoms with E-state index in [4.69, 9.17) is 17.3 Å². The highest BCUT2D eigenvalue weighted by atomic mass is 79.9. The number of nitrogens with two attached hydrogens (primary N) is 1. The van der Waals surface area contributed by atoms with Crippen molar-refractivity contribution in [2.24, 2.45) is 0 Å². The fraction of sp³-hybridized carbons (Fsp3) is 0. The van der Waals surface area contributed by atoms with E-state index in [9.17, 15) is 14.5 Å². The van der Waals surface area contributed by atoms with Crippen LogP contribution in [0.25, 0.3) is 0 Å². The Morgan fingerprint density at radius 2 is 2.10 bits per heavy atom. The van der Waals surface area contributed by atoms with Gasteiger partial charge < -0.3 is 11.1 Å². The first-order valence-electron chi connectivity index (χ1n) is 5.20. The Morgan fingerprint density at radius 3 is 2.70 bits per heavy atom. The zero-order valence-electron chi connectivity index (χ0n) is 9.73. The molecule has 0 aliphatic rings. The molecule has 0 saturated carbocycles. The molecule has 0 spiro atoms. The van der Waals surface area contributed by atoms with Gasteiger partial charge >= 0.3 is 0 Å². The fourth-order valence-electron chi connectivity index (χ4n) is 1.50. The number of nitrogens with one attached hydrogen (secondary N) is 1. The molecule has 2 aromatic rings. The van der Waals surface area contributed by atoms with E-state index in [1.54, 1.807) is 0 Å². The lowest BCUT2D eigenvalue weighted by atomic mass is 10.3. The predicted octanol–water partition coefficient (Wildman–Crippen LogP) is 3.87. The van der Waals surface area contributed by atoms with Crippen LogP contribution in [0.5, 0.6) is 0 Å². The van der Waals surface area contributed by atoms with Gasteiger partial charge in [0.1, 0.15) is 17.5 Å². The van der Waals surface area contributed by atoms with Crippen molar-refractivity contribution in [2.45, 2.75) is 0 Å². The summed E-state index contributed by atoms with van der Waals surface area (Å²) < 4.78 is 13.5. The molecule has 0 bridgehead atoms. The minimum absolute atomic E-state index is 0.0175. The smallest absolute Gasteiger partial charge is 0.276 e. The third kappa shape index (κ3) is 3.14. The number of rotatable bonds is 3. The molecule has 3 N–H and O–H groups in total. The highest BCUT2D eigenvalue weighted by Crippen LogP contribution is 2.34. The van der Waals surface area contributed by atoms with E-state index < -0.39 is 10.7 Å². The molecule has 1 aromatic heterocycles. The highest BCUT2D eigenvalue weighted by Gasteiger charge is 2.13. The van der Waals surface area contributed by atoms with Crippen molar-refractivity contribution in [3.05, 3.63) is 49.7 Å². The Hall–Kier alpha value is -1.93. The van der Waals surface area contributed by atoms with Crippen molar-refractivity contribution < 1.29 is 9.31 Å². The van der Waals surface area contributed by atoms with Crippen LogP contribution in [-0.4, -0.2) is 9.91 Å². The summed E-state index contributed by atoms with van der Waals surface area (Å²) in [6.07, 6.45) is 0. The van der Waals surface area contributed by atoms with Gasteiger partial charge in [-0.2, -0.15) is 0 Å². The standard InChI is InChI=1S/C11H7BrClFN4O2/c12-7-1-5(14)2-8(13)11(7)17-10-4-6(18(19)20)3-9(15)16-10/h1-4H,(H3,15,16,17). The Morgan fingerprint density at radius 1 is 1.40 bits per heavy atom. The van der Waals surface area contributed by atoms with Gasteiger partial charge in [-0.15, -0.1) is 0 Å². The van der Waals surface area contributed by atoms with E-state index in [0.717, 1.165) is 12.1 Å². The van der Waals surface area contributed by atoms with Gasteiger partial charge in [-0.05, 0) is 28.1 Å². The van der Waals surface area contributed by atoms with Crippen LogP contribution in [0.4, 0.5) is 27.4 Å². The SMILES string of the molecule is Nc1cc([N+](=O)[O-])cc(Nc2c(Cl)cc(F)cc2Br)n1. The molecule has 1 aromatic carbocycles. The number of hydrogen-bond donors (Lipinski definition) is 2. The van der Waals surface area contributed by atoms with Crippen molar-refractivity contribution >= 4 is 50.5 Å². The molecular formula is C11H7BrClFN4O2. The second kappa shape index (κ2) is 5.59. The maximum Gasteiger partial charge on any atom is 0.276 e. The topological polar surface area (TPSA) is 94.1 Å². The van der Waals surface area contributed by atoms with Crippen LogP contribution in [0.3, 0.4) is 0 Å². The number of nitro groups is 1. The van der Waals surface area contributed by atoms with E-state index in [2.05, 4.69) is 26.2 Å². The Bertz CT molecular complexity index is 675. The summed E-state index contributed by atoms with van der Waals surface area (Å²) >= 11 is 9.04. The van der Waals surface area contributed by atoms with Crippen LogP contribution in [0.15, 0.2) is 28.7 Å². The van der Waals surface area contributed by atoms with E-state index >= 15 is 0 Å². The number of nitrogens with zero attached hydrogens (tertiary/aromatic N) is 2. The Kier molecular flexibility index (Phi) is 4.05. The molecule has 2 rings (SSSR count). The van der Waals surface area contributed by atoms with Crippen molar-refractivity contribution in [3.8, 4) is 0 Å². The second-order valence-electron chi connectivity index (χ2n) is 3.76. The zero-order chi connectivity index (χ0) is 14.9. The number of aromatic nitrogens is 1. The first-order valence-corrected chi connectivity index (χ1v) is 6.37. The van der Waals surface area contributed by atoms with Crippen molar-refractivity contribution in [1.29, 1.82) is 0 Å². The lowest BCUT2D eigenvalue weighted by molar-refractivity contribution is -0.384. The molecular weight excluding hydrogens is 355 g/mol. The first-order chi connectivity index (χ1) is 9.36. The zero-order valence-corrected chi connectivity index (χ0v) is 12.1. The monoisotopic (exact) mass is 360 g/mol. The largest absolute Gasteiger partial charge is 0.383 e. The lowest BCUT2D eigenvalue weighted by Crippen LogP contribution is -2.01. The molecule has 20 heavy (non-hydrogen) atoms. The average molecular weight is 362 g/mol. The molecule has 0 unspecified atom stereocenters. The van der Waals surface area contributed by atoms with Crippen LogP contribution < -0.4 is 11.1 Å². The lowest BCUT2D eigenvalue weighted by Gasteiger charge is -2.10. The summed E-state index contributed by atoms with van der Waals surface area (Å²) in [5, 5.41) is 13.6. The van der Waals surface area contributed by atoms with Gasteiger partial charge in [0.2, 0.25) is 0 Å². The maximum atomic E-state index is 13.1. The molecule has 0 saturated heterocycles. The normalized spacial score (nSPS) is 10.3. The van der Waals surface area contributed by atoms with Gasteiger partial charge in [-0.3, -0.25) is 10.1 Å². The molecule has 104 valence electrons. The molecule has 0 fully saturated rings. The van der Waals surface area contributed by atoms with Crippen LogP contribution in [0.1, 0.15) is 0 Å². The molecule has 0 atom stereocenters. The third-order valence-corrected chi connectivity index (χ3v) is 3.22. The van der Waals surface area contributed by atoms with Crippen molar-refractivity contribution in [2.75, 3.05) is 11.1 Å². The van der Waals surface area contributed by atoms with E-state index in [1.165, 1.54) is 12.1 Å². The van der Waals surface area contributed by atoms with E-state index in [1.807, 2.05) is 0 Å². The predicted molar refractivity (Wildman–Crippen MR) is 77.7 cm³/mol. The van der Waals surface area contributed by atoms with Gasteiger partial charge in [0.15, 0.2) is 0 Å². The molecule has 0 aliphatic heterocycles. The van der Waals surface area contributed by atoms with Gasteiger partial charge in [-0.1, -0.05) is 11.6 Å². The summed E-state index contributed by atoms with van der Waals surface area (Å²) in [4.78, 5) is 14.1. The van der Waals surface area contributed by atoms with Crippen LogP contribution in [-0.2, 0) is 0 Å². The maximum absolute atomic E-state index is 13.1. The molecule has 6 nitrogen and oxygen atoms in total. The number of halogens is 3. The van der Waals surface area contributed by atoms with Crippen molar-refractivity contribution in [1.82, 2.24) is 4.98 Å². The van der Waals surface area contributed by atoms with Gasteiger partial charge in [-0.25, -0.2) is 9.37 Å². The fourth-order valence-corrected chi connectivity index (χ4v) is 2.39. The van der Waals surface area contributed by atoms with E-state index in [0.29, 0.717) is 10.2 Å². The number of pyridine rings is 1. The third-order valence-electron chi connectivity index (χ3n) is 2.30. The van der Waals surface area contributed by atoms with Crippen LogP contribution >= 0.6 is 27.5 Å². The number of hydrogen-bond acceptors (Lipinski definition) is 5. The summed E-state index contributed by atoms with van der Waals surface area (Å²) in [7, 11) is 0. The quantitative estimate of drug-likeness (QED) is 0.639. The molecule has 9 heteroatoms. The van der Waals surface area contributed by atoms with Crippen LogP contribution in [0, 0.1) is 15.9 Å². The summed E-state index contributed by atoms with van der Waals surface area (Å²) in [5.74, 6) is -0.402. The van der Waals surface area contributed by atoms with E-state index in [-0.39, 0.29) is 22.3 Å². The molecule has 0 radical (unpaired) electrons. The Labute approximate surface area is 126 Å². The van der Waals surface area contributed by atoms with Crippen molar-refractivity contribution in [3.63, 3.8) is 0 Å². The minimum atomic E-state index is -0.593. The summed E-state index contributed by atoms with van der Waals surface area (Å²) in [6, 6.07) is 4.64. The summed E-state index contributed by atoms with van der Waals surface area (Å²) in [6.45, 7) is 0. The molecule has 1 heterocycles. The second-order valence-corrected chi connectivity index (χ2v) is 5.02. The minimum Gasteiger partial charge on any atom is -0.383 e. The van der Waals surface area contributed by atoms with Gasteiger partial charge in [0.05, 0.1) is 27.8 Å². The highest BCUT2D eigenvalue weighted by molar-refractivity contribution is 9.10. The number of anilines is 3.